The van der Waals surface area contributed by atoms with Crippen molar-refractivity contribution in [2.75, 3.05) is 23.7 Å². The summed E-state index contributed by atoms with van der Waals surface area (Å²) in [7, 11) is -3.97. The van der Waals surface area contributed by atoms with Crippen LogP contribution in [0.1, 0.15) is 88.5 Å². The quantitative estimate of drug-likeness (QED) is 0.0864. The van der Waals surface area contributed by atoms with Gasteiger partial charge in [-0.25, -0.2) is 0 Å². The number of aryl methyl sites for hydroxylation is 2. The first kappa shape index (κ1) is 36.1. The molecule has 2 aliphatic heterocycles. The highest BCUT2D eigenvalue weighted by Crippen LogP contribution is 2.48. The third-order valence-electron chi connectivity index (χ3n) is 9.35. The number of carboxylic acid groups (broad SMARTS) is 1. The molecule has 0 saturated heterocycles. The molecule has 0 unspecified atom stereocenters. The van der Waals surface area contributed by atoms with E-state index in [1.54, 1.807) is 0 Å². The molecule has 0 amide bonds. The number of anilines is 1. The summed E-state index contributed by atoms with van der Waals surface area (Å²) in [6.07, 6.45) is 18.3. The fourth-order valence-electron chi connectivity index (χ4n) is 6.82. The lowest BCUT2D eigenvalue weighted by molar-refractivity contribution is -0.438. The molecule has 0 bridgehead atoms. The molecule has 2 aliphatic rings. The summed E-state index contributed by atoms with van der Waals surface area (Å²) in [6, 6.07) is 13.1. The Balaban J connectivity index is 1.51. The van der Waals surface area contributed by atoms with Gasteiger partial charge in [-0.15, -0.1) is 0 Å². The molecule has 2 N–H and O–H groups in total. The van der Waals surface area contributed by atoms with Crippen LogP contribution in [-0.2, 0) is 25.7 Å². The third kappa shape index (κ3) is 8.79. The van der Waals surface area contributed by atoms with E-state index in [-0.39, 0.29) is 23.0 Å². The zero-order chi connectivity index (χ0) is 34.4. The summed E-state index contributed by atoms with van der Waals surface area (Å²) in [5.74, 6) is -0.965. The van der Waals surface area contributed by atoms with Crippen LogP contribution in [0.5, 0.6) is 0 Å². The minimum absolute atomic E-state index is 0.154. The monoisotopic (exact) mass is 659 g/mol. The number of aliphatic carboxylic acids is 1. The maximum absolute atomic E-state index is 11.2. The Morgan fingerprint density at radius 1 is 0.830 bits per heavy atom. The minimum Gasteiger partial charge on any atom is -0.481 e. The van der Waals surface area contributed by atoms with E-state index < -0.39 is 16.1 Å². The lowest BCUT2D eigenvalue weighted by Crippen LogP contribution is -2.28. The van der Waals surface area contributed by atoms with Gasteiger partial charge >= 0.3 is 5.97 Å². The van der Waals surface area contributed by atoms with Crippen molar-refractivity contribution in [2.24, 2.45) is 0 Å². The molecule has 0 aromatic heterocycles. The summed E-state index contributed by atoms with van der Waals surface area (Å²) in [5, 5.41) is 9.00. The van der Waals surface area contributed by atoms with Crippen LogP contribution in [0.15, 0.2) is 84.6 Å². The Bertz CT molecular complexity index is 1740. The Labute approximate surface area is 281 Å². The first-order chi connectivity index (χ1) is 22.1. The van der Waals surface area contributed by atoms with Crippen molar-refractivity contribution in [3.8, 4) is 0 Å². The van der Waals surface area contributed by atoms with Crippen molar-refractivity contribution in [1.82, 2.24) is 0 Å². The summed E-state index contributed by atoms with van der Waals surface area (Å²) in [4.78, 5) is 13.2. The highest BCUT2D eigenvalue weighted by molar-refractivity contribution is 7.85. The van der Waals surface area contributed by atoms with E-state index in [4.69, 9.17) is 9.66 Å². The first-order valence-corrected chi connectivity index (χ1v) is 18.3. The fraction of sp³-hybridized carbons (Fsp3) is 0.436. The van der Waals surface area contributed by atoms with Crippen LogP contribution in [0.4, 0.5) is 11.4 Å². The van der Waals surface area contributed by atoms with E-state index in [1.807, 2.05) is 18.2 Å². The highest BCUT2D eigenvalue weighted by atomic mass is 32.2. The van der Waals surface area contributed by atoms with Gasteiger partial charge in [0.25, 0.3) is 10.1 Å². The van der Waals surface area contributed by atoms with E-state index >= 15 is 0 Å². The van der Waals surface area contributed by atoms with Crippen LogP contribution < -0.4 is 4.90 Å². The van der Waals surface area contributed by atoms with Gasteiger partial charge in [0.2, 0.25) is 5.69 Å². The lowest BCUT2D eigenvalue weighted by atomic mass is 9.81. The molecule has 0 fully saturated rings. The molecule has 47 heavy (non-hydrogen) atoms. The summed E-state index contributed by atoms with van der Waals surface area (Å²) >= 11 is 0. The highest BCUT2D eigenvalue weighted by Gasteiger charge is 2.44. The van der Waals surface area contributed by atoms with Crippen LogP contribution in [0.2, 0.25) is 0 Å². The van der Waals surface area contributed by atoms with Crippen molar-refractivity contribution in [3.05, 3.63) is 107 Å². The van der Waals surface area contributed by atoms with Crippen LogP contribution in [0.25, 0.3) is 0 Å². The Hall–Kier alpha value is -3.75. The van der Waals surface area contributed by atoms with Crippen LogP contribution in [-0.4, -0.2) is 53.2 Å². The van der Waals surface area contributed by atoms with Crippen molar-refractivity contribution in [3.63, 3.8) is 0 Å². The molecular weight excluding hydrogens is 609 g/mol. The molecule has 0 aliphatic carbocycles. The molecule has 4 rings (SSSR count). The van der Waals surface area contributed by atoms with Crippen molar-refractivity contribution in [2.45, 2.75) is 90.9 Å². The van der Waals surface area contributed by atoms with E-state index in [0.717, 1.165) is 30.8 Å². The van der Waals surface area contributed by atoms with Gasteiger partial charge in [0.15, 0.2) is 5.71 Å². The van der Waals surface area contributed by atoms with E-state index in [0.29, 0.717) is 25.8 Å². The number of fused-ring (bicyclic) bond motifs is 2. The summed E-state index contributed by atoms with van der Waals surface area (Å²) < 4.78 is 34.0. The zero-order valence-corrected chi connectivity index (χ0v) is 29.6. The van der Waals surface area contributed by atoms with Gasteiger partial charge in [-0.05, 0) is 77.2 Å². The van der Waals surface area contributed by atoms with Crippen LogP contribution in [0.3, 0.4) is 0 Å². The molecule has 2 aromatic carbocycles. The fourth-order valence-corrected chi connectivity index (χ4v) is 7.39. The number of carbonyl (C=O) groups is 1. The van der Waals surface area contributed by atoms with Gasteiger partial charge in [0.05, 0.1) is 11.2 Å². The van der Waals surface area contributed by atoms with E-state index in [1.165, 1.54) is 33.7 Å². The molecular formula is C39H51N2O5S+. The molecule has 8 heteroatoms. The average molecular weight is 660 g/mol. The first-order valence-electron chi connectivity index (χ1n) is 16.7. The Morgan fingerprint density at radius 3 is 2.19 bits per heavy atom. The molecule has 0 spiro atoms. The van der Waals surface area contributed by atoms with Crippen molar-refractivity contribution in [1.29, 1.82) is 0 Å². The second-order valence-corrected chi connectivity index (χ2v) is 15.4. The number of carboxylic acids is 1. The van der Waals surface area contributed by atoms with Crippen LogP contribution >= 0.6 is 0 Å². The molecule has 2 aromatic rings. The topological polar surface area (TPSA) is 97.9 Å². The van der Waals surface area contributed by atoms with Gasteiger partial charge in [0, 0.05) is 53.9 Å². The molecule has 2 heterocycles. The zero-order valence-electron chi connectivity index (χ0n) is 28.8. The number of hydrogen-bond acceptors (Lipinski definition) is 4. The predicted molar refractivity (Wildman–Crippen MR) is 193 cm³/mol. The van der Waals surface area contributed by atoms with E-state index in [2.05, 4.69) is 112 Å². The Morgan fingerprint density at radius 2 is 1.49 bits per heavy atom. The average Bonchev–Trinajstić information content (AvgIpc) is 3.31. The van der Waals surface area contributed by atoms with Gasteiger partial charge in [-0.1, -0.05) is 73.6 Å². The van der Waals surface area contributed by atoms with Gasteiger partial charge in [-0.2, -0.15) is 13.0 Å². The largest absolute Gasteiger partial charge is 0.481 e. The van der Waals surface area contributed by atoms with Gasteiger partial charge in [-0.3, -0.25) is 9.35 Å². The molecule has 252 valence electrons. The second kappa shape index (κ2) is 15.0. The number of unbranched alkanes of at least 4 members (excludes halogenated alkanes) is 3. The number of allylic oxidation sites excluding steroid dienone is 8. The standard InChI is InChI=1S/C39H50N2O5S/c1-29-20-22-33-31(27-29)38(3,4)35(40(33)24-14-10-13-19-37(42)43)17-11-8-7-9-12-18-36-39(5,6)32-28-30(2)21-23-34(32)41(36)25-15-16-26-47(44,45)46/h7-9,11-12,17-18,20-23,27-28H,10,13-16,19,24-26H2,1-6H3,(H-,42,43,44,45,46)/p+1. The molecule has 0 atom stereocenters. The predicted octanol–water partition coefficient (Wildman–Crippen LogP) is 8.34. The third-order valence-corrected chi connectivity index (χ3v) is 10.2. The lowest BCUT2D eigenvalue weighted by Gasteiger charge is -2.27. The van der Waals surface area contributed by atoms with Crippen molar-refractivity contribution >= 4 is 33.2 Å². The maximum atomic E-state index is 11.2. The van der Waals surface area contributed by atoms with Gasteiger partial charge in [0.1, 0.15) is 6.54 Å². The number of hydrogen-bond donors (Lipinski definition) is 2. The Kier molecular flexibility index (Phi) is 11.5. The number of benzene rings is 2. The molecule has 0 radical (unpaired) electrons. The maximum Gasteiger partial charge on any atom is 0.303 e. The summed E-state index contributed by atoms with van der Waals surface area (Å²) in [5.41, 5.74) is 9.40. The number of rotatable bonds is 15. The minimum atomic E-state index is -3.97. The van der Waals surface area contributed by atoms with Crippen molar-refractivity contribution < 1.29 is 27.4 Å². The van der Waals surface area contributed by atoms with Crippen LogP contribution in [0, 0.1) is 13.8 Å². The normalized spacial score (nSPS) is 17.9. The number of nitrogens with zero attached hydrogens (tertiary/aromatic N) is 2. The summed E-state index contributed by atoms with van der Waals surface area (Å²) in [6.45, 7) is 14.7. The van der Waals surface area contributed by atoms with Gasteiger partial charge < -0.3 is 10.0 Å². The SMILES string of the molecule is Cc1ccc2c(c1)C(C)(C)C(/C=C/C=C/C=C/C=C1/N(CCCCS(=O)(=O)O)c3ccc(C)cc3C1(C)C)=[N+]2CCCCCC(=O)O. The molecule has 0 saturated carbocycles. The second-order valence-electron chi connectivity index (χ2n) is 13.9. The van der Waals surface area contributed by atoms with E-state index in [9.17, 15) is 13.2 Å². The smallest absolute Gasteiger partial charge is 0.303 e. The molecule has 7 nitrogen and oxygen atoms in total.